The zero-order valence-electron chi connectivity index (χ0n) is 31.1. The molecule has 5 aliphatic carbocycles. The molecule has 0 amide bonds. The Labute approximate surface area is 327 Å². The van der Waals surface area contributed by atoms with E-state index in [-0.39, 0.29) is 5.41 Å². The van der Waals surface area contributed by atoms with Gasteiger partial charge in [-0.25, -0.2) is 15.0 Å². The Kier molecular flexibility index (Phi) is 7.08. The molecule has 0 atom stereocenters. The van der Waals surface area contributed by atoms with E-state index < -0.39 is 0 Å². The maximum atomic E-state index is 5.20. The smallest absolute Gasteiger partial charge is 0.164 e. The van der Waals surface area contributed by atoms with E-state index >= 15 is 0 Å². The first-order chi connectivity index (χ1) is 27.7. The first-order valence-electron chi connectivity index (χ1n) is 20.3. The van der Waals surface area contributed by atoms with Gasteiger partial charge in [-0.3, -0.25) is 4.98 Å². The summed E-state index contributed by atoms with van der Waals surface area (Å²) in [7, 11) is 0. The fourth-order valence-electron chi connectivity index (χ4n) is 11.7. The second kappa shape index (κ2) is 12.4. The van der Waals surface area contributed by atoms with Crippen LogP contribution in [0.25, 0.3) is 78.4 Å². The van der Waals surface area contributed by atoms with Gasteiger partial charge in [0.2, 0.25) is 0 Å². The SMILES string of the molecule is c1ccc(-c2nc(-c3ccccc3)nc(-c3cc(-c4ccc5c(c4)C4(c6ccccc6-5)C5CC6CC(C5)CC4C6)cc(-c4ccnc5ccccc45)c3)n2)cc1. The van der Waals surface area contributed by atoms with Crippen molar-refractivity contribution in [3.05, 3.63) is 169 Å². The van der Waals surface area contributed by atoms with Crippen molar-refractivity contribution in [2.75, 3.05) is 0 Å². The molecule has 0 radical (unpaired) electrons. The van der Waals surface area contributed by atoms with E-state index in [0.717, 1.165) is 50.6 Å². The minimum absolute atomic E-state index is 0.0977. The van der Waals surface area contributed by atoms with Gasteiger partial charge in [0.1, 0.15) is 0 Å². The lowest BCUT2D eigenvalue weighted by molar-refractivity contribution is -0.0399. The predicted molar refractivity (Wildman–Crippen MR) is 226 cm³/mol. The molecule has 1 spiro atoms. The van der Waals surface area contributed by atoms with Crippen LogP contribution in [-0.2, 0) is 5.41 Å². The molecular weight excluding hydrogens is 681 g/mol. The van der Waals surface area contributed by atoms with Gasteiger partial charge >= 0.3 is 0 Å². The highest BCUT2D eigenvalue weighted by molar-refractivity contribution is 5.96. The first kappa shape index (κ1) is 32.0. The summed E-state index contributed by atoms with van der Waals surface area (Å²) in [5.41, 5.74) is 14.7. The second-order valence-corrected chi connectivity index (χ2v) is 16.7. The molecule has 5 aliphatic rings. The van der Waals surface area contributed by atoms with Crippen molar-refractivity contribution in [1.82, 2.24) is 19.9 Å². The van der Waals surface area contributed by atoms with Crippen LogP contribution in [0.3, 0.4) is 0 Å². The van der Waals surface area contributed by atoms with Crippen LogP contribution < -0.4 is 0 Å². The lowest BCUT2D eigenvalue weighted by atomic mass is 9.43. The summed E-state index contributed by atoms with van der Waals surface area (Å²) in [5.74, 6) is 5.20. The molecule has 56 heavy (non-hydrogen) atoms. The van der Waals surface area contributed by atoms with Gasteiger partial charge in [0.25, 0.3) is 0 Å². The number of para-hydroxylation sites is 1. The van der Waals surface area contributed by atoms with E-state index in [1.54, 1.807) is 11.1 Å². The van der Waals surface area contributed by atoms with Crippen LogP contribution in [0.15, 0.2) is 158 Å². The number of benzene rings is 6. The van der Waals surface area contributed by atoms with Crippen LogP contribution >= 0.6 is 0 Å². The molecule has 13 rings (SSSR count). The zero-order valence-corrected chi connectivity index (χ0v) is 31.1. The molecule has 0 N–H and O–H groups in total. The van der Waals surface area contributed by atoms with E-state index in [1.807, 2.05) is 42.6 Å². The van der Waals surface area contributed by atoms with E-state index in [0.29, 0.717) is 29.3 Å². The first-order valence-corrected chi connectivity index (χ1v) is 20.3. The number of pyridine rings is 1. The van der Waals surface area contributed by atoms with E-state index in [9.17, 15) is 0 Å². The Morgan fingerprint density at radius 2 is 0.964 bits per heavy atom. The highest BCUT2D eigenvalue weighted by atomic mass is 15.0. The van der Waals surface area contributed by atoms with E-state index in [2.05, 4.69) is 115 Å². The Morgan fingerprint density at radius 3 is 1.68 bits per heavy atom. The normalized spacial score (nSPS) is 22.7. The standard InChI is InChI=1S/C52H40N4/c1-3-11-34(12-4-1)49-54-50(35-13-5-2-6-14-35)56-51(55-49)39-29-37(28-38(30-39)42-21-22-53-48-18-10-8-16-45(42)48)36-19-20-44-43-15-7-9-17-46(43)52(47(44)31-36)40-24-32-23-33(26-40)27-41(52)25-32/h1-22,28-33,40-41H,23-27H2. The summed E-state index contributed by atoms with van der Waals surface area (Å²) < 4.78 is 0. The summed E-state index contributed by atoms with van der Waals surface area (Å²) in [6.07, 6.45) is 8.85. The van der Waals surface area contributed by atoms with Crippen LogP contribution in [0.1, 0.15) is 43.2 Å². The van der Waals surface area contributed by atoms with Crippen molar-refractivity contribution >= 4 is 10.9 Å². The molecule has 0 saturated heterocycles. The quantitative estimate of drug-likeness (QED) is 0.178. The fourth-order valence-corrected chi connectivity index (χ4v) is 11.7. The van der Waals surface area contributed by atoms with Crippen molar-refractivity contribution in [1.29, 1.82) is 0 Å². The molecule has 0 aliphatic heterocycles. The average molecular weight is 721 g/mol. The lowest BCUT2D eigenvalue weighted by Crippen LogP contribution is -2.55. The third-order valence-electron chi connectivity index (χ3n) is 13.7. The molecular formula is C52H40N4. The van der Waals surface area contributed by atoms with Crippen molar-refractivity contribution < 1.29 is 0 Å². The maximum absolute atomic E-state index is 5.20. The third-order valence-corrected chi connectivity index (χ3v) is 13.7. The lowest BCUT2D eigenvalue weighted by Gasteiger charge is -2.61. The largest absolute Gasteiger partial charge is 0.256 e. The Balaban J connectivity index is 1.09. The highest BCUT2D eigenvalue weighted by Crippen LogP contribution is 2.69. The number of aromatic nitrogens is 4. The molecule has 268 valence electrons. The Morgan fingerprint density at radius 1 is 0.393 bits per heavy atom. The molecule has 2 aromatic heterocycles. The highest BCUT2D eigenvalue weighted by Gasteiger charge is 2.61. The van der Waals surface area contributed by atoms with Crippen molar-refractivity contribution in [2.24, 2.45) is 23.7 Å². The Hall–Kier alpha value is -6.26. The summed E-state index contributed by atoms with van der Waals surface area (Å²) in [4.78, 5) is 20.1. The zero-order chi connectivity index (χ0) is 36.8. The summed E-state index contributed by atoms with van der Waals surface area (Å²) in [6.45, 7) is 0. The minimum Gasteiger partial charge on any atom is -0.256 e. The molecule has 4 bridgehead atoms. The van der Waals surface area contributed by atoms with Crippen LogP contribution in [0.5, 0.6) is 0 Å². The number of nitrogens with zero attached hydrogens (tertiary/aromatic N) is 4. The summed E-state index contributed by atoms with van der Waals surface area (Å²) in [5, 5.41) is 1.13. The molecule has 6 aromatic carbocycles. The summed E-state index contributed by atoms with van der Waals surface area (Å²) in [6, 6.07) is 54.8. The van der Waals surface area contributed by atoms with Crippen molar-refractivity contribution in [3.63, 3.8) is 0 Å². The van der Waals surface area contributed by atoms with Gasteiger partial charge in [-0.15, -0.1) is 0 Å². The Bertz CT molecular complexity index is 2740. The van der Waals surface area contributed by atoms with Gasteiger partial charge in [0.15, 0.2) is 17.5 Å². The van der Waals surface area contributed by atoms with Crippen LogP contribution in [0, 0.1) is 23.7 Å². The molecule has 0 unspecified atom stereocenters. The van der Waals surface area contributed by atoms with Crippen LogP contribution in [-0.4, -0.2) is 19.9 Å². The molecule has 8 aromatic rings. The molecule has 4 saturated carbocycles. The maximum Gasteiger partial charge on any atom is 0.164 e. The average Bonchev–Trinajstić information content (AvgIpc) is 3.55. The van der Waals surface area contributed by atoms with E-state index in [1.165, 1.54) is 54.4 Å². The van der Waals surface area contributed by atoms with Gasteiger partial charge in [-0.2, -0.15) is 0 Å². The van der Waals surface area contributed by atoms with E-state index in [4.69, 9.17) is 19.9 Å². The number of fused-ring (bicyclic) bond motifs is 4. The van der Waals surface area contributed by atoms with Gasteiger partial charge in [0.05, 0.1) is 5.52 Å². The third kappa shape index (κ3) is 4.84. The summed E-state index contributed by atoms with van der Waals surface area (Å²) >= 11 is 0. The number of hydrogen-bond donors (Lipinski definition) is 0. The molecule has 2 heterocycles. The second-order valence-electron chi connectivity index (χ2n) is 16.7. The fraction of sp³-hybridized carbons (Fsp3) is 0.192. The molecule has 4 fully saturated rings. The number of hydrogen-bond acceptors (Lipinski definition) is 4. The molecule has 4 heteroatoms. The van der Waals surface area contributed by atoms with Gasteiger partial charge < -0.3 is 0 Å². The van der Waals surface area contributed by atoms with Gasteiger partial charge in [0, 0.05) is 33.7 Å². The minimum atomic E-state index is 0.0977. The predicted octanol–water partition coefficient (Wildman–Crippen LogP) is 12.5. The van der Waals surface area contributed by atoms with Crippen LogP contribution in [0.4, 0.5) is 0 Å². The number of rotatable bonds is 5. The molecule has 4 nitrogen and oxygen atoms in total. The van der Waals surface area contributed by atoms with Crippen molar-refractivity contribution in [2.45, 2.75) is 37.5 Å². The van der Waals surface area contributed by atoms with Gasteiger partial charge in [-0.1, -0.05) is 115 Å². The van der Waals surface area contributed by atoms with Gasteiger partial charge in [-0.05, 0) is 137 Å². The van der Waals surface area contributed by atoms with Crippen molar-refractivity contribution in [3.8, 4) is 67.5 Å². The topological polar surface area (TPSA) is 51.6 Å². The monoisotopic (exact) mass is 720 g/mol. The van der Waals surface area contributed by atoms with Crippen LogP contribution in [0.2, 0.25) is 0 Å².